The summed E-state index contributed by atoms with van der Waals surface area (Å²) in [6.45, 7) is -0.0798. The van der Waals surface area contributed by atoms with Crippen molar-refractivity contribution in [3.05, 3.63) is 76.3 Å². The number of amides is 1. The number of methoxy groups -OCH3 is 2. The molecule has 0 saturated heterocycles. The summed E-state index contributed by atoms with van der Waals surface area (Å²) in [5, 5.41) is 3.41. The normalized spacial score (nSPS) is 11.1. The van der Waals surface area contributed by atoms with Gasteiger partial charge in [-0.2, -0.15) is 0 Å². The Hall–Kier alpha value is -2.98. The molecule has 3 aromatic carbocycles. The number of anilines is 1. The first-order valence-corrected chi connectivity index (χ1v) is 12.6. The fourth-order valence-corrected chi connectivity index (χ4v) is 4.69. The molecule has 0 fully saturated rings. The smallest absolute Gasteiger partial charge is 0.262 e. The number of hydrogen-bond acceptors (Lipinski definition) is 6. The molecule has 0 aromatic heterocycles. The van der Waals surface area contributed by atoms with E-state index in [2.05, 4.69) is 10.0 Å². The van der Waals surface area contributed by atoms with Crippen LogP contribution in [0.2, 0.25) is 10.0 Å². The minimum absolute atomic E-state index is 0.0789. The molecule has 3 aromatic rings. The van der Waals surface area contributed by atoms with E-state index in [9.17, 15) is 13.2 Å². The van der Waals surface area contributed by atoms with E-state index < -0.39 is 15.9 Å². The summed E-state index contributed by atoms with van der Waals surface area (Å²) in [5.74, 6) is 1.10. The number of carbonyl (C=O) groups is 1. The number of sulfonamides is 1. The minimum Gasteiger partial charge on any atom is -0.493 e. The van der Waals surface area contributed by atoms with Gasteiger partial charge in [-0.1, -0.05) is 29.3 Å². The highest BCUT2D eigenvalue weighted by molar-refractivity contribution is 7.89. The molecule has 0 aliphatic carbocycles. The Morgan fingerprint density at radius 3 is 2.17 bits per heavy atom. The summed E-state index contributed by atoms with van der Waals surface area (Å²) in [6.07, 6.45) is 0.466. The van der Waals surface area contributed by atoms with Crippen LogP contribution in [0.3, 0.4) is 0 Å². The summed E-state index contributed by atoms with van der Waals surface area (Å²) in [5.41, 5.74) is 1.34. The Balaban J connectivity index is 1.51. The standard InChI is InChI=1S/C24H24Cl2N2O6S/c1-32-22-8-3-16(11-23(22)33-2)9-10-27-35(30,31)21-6-4-20(5-7-21)34-15-24(29)28-19-13-17(25)12-18(26)14-19/h3-8,11-14,27H,9-10,15H2,1-2H3,(H,28,29). The van der Waals surface area contributed by atoms with Crippen LogP contribution in [0.1, 0.15) is 5.56 Å². The first-order chi connectivity index (χ1) is 16.7. The number of nitrogens with one attached hydrogen (secondary N) is 2. The molecule has 0 atom stereocenters. The molecule has 0 aliphatic heterocycles. The van der Waals surface area contributed by atoms with E-state index in [0.29, 0.717) is 39.4 Å². The van der Waals surface area contributed by atoms with Crippen molar-refractivity contribution in [3.63, 3.8) is 0 Å². The van der Waals surface area contributed by atoms with Gasteiger partial charge in [0.1, 0.15) is 5.75 Å². The Bertz CT molecular complexity index is 1260. The van der Waals surface area contributed by atoms with E-state index in [1.807, 2.05) is 6.07 Å². The minimum atomic E-state index is -3.72. The van der Waals surface area contributed by atoms with Crippen molar-refractivity contribution in [2.75, 3.05) is 32.7 Å². The Morgan fingerprint density at radius 1 is 0.886 bits per heavy atom. The molecule has 0 spiro atoms. The molecule has 8 nitrogen and oxygen atoms in total. The van der Waals surface area contributed by atoms with Gasteiger partial charge in [0.2, 0.25) is 10.0 Å². The monoisotopic (exact) mass is 538 g/mol. The molecule has 2 N–H and O–H groups in total. The highest BCUT2D eigenvalue weighted by Crippen LogP contribution is 2.27. The van der Waals surface area contributed by atoms with E-state index in [0.717, 1.165) is 5.56 Å². The number of carbonyl (C=O) groups excluding carboxylic acids is 1. The Kier molecular flexibility index (Phi) is 9.22. The van der Waals surface area contributed by atoms with Crippen LogP contribution in [-0.4, -0.2) is 41.7 Å². The van der Waals surface area contributed by atoms with Gasteiger partial charge in [-0.15, -0.1) is 0 Å². The van der Waals surface area contributed by atoms with Crippen LogP contribution < -0.4 is 24.2 Å². The van der Waals surface area contributed by atoms with Crippen molar-refractivity contribution < 1.29 is 27.4 Å². The molecule has 1 amide bonds. The highest BCUT2D eigenvalue weighted by Gasteiger charge is 2.14. The quantitative estimate of drug-likeness (QED) is 0.371. The highest BCUT2D eigenvalue weighted by atomic mass is 35.5. The molecule has 35 heavy (non-hydrogen) atoms. The van der Waals surface area contributed by atoms with Crippen molar-refractivity contribution in [1.29, 1.82) is 0 Å². The number of rotatable bonds is 11. The van der Waals surface area contributed by atoms with Crippen LogP contribution in [0.4, 0.5) is 5.69 Å². The van der Waals surface area contributed by atoms with Crippen molar-refractivity contribution in [3.8, 4) is 17.2 Å². The molecule has 0 aliphatic rings. The maximum absolute atomic E-state index is 12.6. The summed E-state index contributed by atoms with van der Waals surface area (Å²) in [6, 6.07) is 15.9. The first kappa shape index (κ1) is 26.6. The molecular formula is C24H24Cl2N2O6S. The summed E-state index contributed by atoms with van der Waals surface area (Å²) >= 11 is 11.8. The fourth-order valence-electron chi connectivity index (χ4n) is 3.14. The van der Waals surface area contributed by atoms with E-state index in [1.54, 1.807) is 44.6 Å². The third-order valence-corrected chi connectivity index (χ3v) is 6.72. The zero-order valence-corrected chi connectivity index (χ0v) is 21.3. The molecule has 11 heteroatoms. The fraction of sp³-hybridized carbons (Fsp3) is 0.208. The number of benzene rings is 3. The van der Waals surface area contributed by atoms with Gasteiger partial charge in [0.15, 0.2) is 18.1 Å². The van der Waals surface area contributed by atoms with Gasteiger partial charge in [-0.3, -0.25) is 4.79 Å². The topological polar surface area (TPSA) is 103 Å². The first-order valence-electron chi connectivity index (χ1n) is 10.4. The maximum atomic E-state index is 12.6. The number of halogens is 2. The Labute approximate surface area is 214 Å². The van der Waals surface area contributed by atoms with Gasteiger partial charge in [-0.25, -0.2) is 13.1 Å². The number of ether oxygens (including phenoxy) is 3. The van der Waals surface area contributed by atoms with Crippen molar-refractivity contribution in [2.45, 2.75) is 11.3 Å². The third-order valence-electron chi connectivity index (χ3n) is 4.80. The van der Waals surface area contributed by atoms with Gasteiger partial charge >= 0.3 is 0 Å². The maximum Gasteiger partial charge on any atom is 0.262 e. The zero-order valence-electron chi connectivity index (χ0n) is 19.0. The second-order valence-corrected chi connectivity index (χ2v) is 9.94. The van der Waals surface area contributed by atoms with E-state index in [-0.39, 0.29) is 18.0 Å². The summed E-state index contributed by atoms with van der Waals surface area (Å²) in [7, 11) is -0.631. The zero-order chi connectivity index (χ0) is 25.4. The SMILES string of the molecule is COc1ccc(CCNS(=O)(=O)c2ccc(OCC(=O)Nc3cc(Cl)cc(Cl)c3)cc2)cc1OC. The van der Waals surface area contributed by atoms with E-state index >= 15 is 0 Å². The predicted octanol–water partition coefficient (Wildman–Crippen LogP) is 4.55. The van der Waals surface area contributed by atoms with Crippen molar-refractivity contribution >= 4 is 44.8 Å². The van der Waals surface area contributed by atoms with E-state index in [1.165, 1.54) is 24.3 Å². The molecule has 0 unspecified atom stereocenters. The van der Waals surface area contributed by atoms with Crippen LogP contribution in [0.15, 0.2) is 65.6 Å². The second-order valence-electron chi connectivity index (χ2n) is 7.30. The van der Waals surface area contributed by atoms with Crippen LogP contribution in [0, 0.1) is 0 Å². The lowest BCUT2D eigenvalue weighted by Crippen LogP contribution is -2.26. The van der Waals surface area contributed by atoms with Crippen LogP contribution in [0.5, 0.6) is 17.2 Å². The lowest BCUT2D eigenvalue weighted by Gasteiger charge is -2.11. The van der Waals surface area contributed by atoms with Gasteiger partial charge in [0.25, 0.3) is 5.91 Å². The summed E-state index contributed by atoms with van der Waals surface area (Å²) in [4.78, 5) is 12.2. The van der Waals surface area contributed by atoms with Gasteiger partial charge in [0.05, 0.1) is 19.1 Å². The molecular weight excluding hydrogens is 515 g/mol. The lowest BCUT2D eigenvalue weighted by atomic mass is 10.1. The van der Waals surface area contributed by atoms with Crippen molar-refractivity contribution in [1.82, 2.24) is 4.72 Å². The molecule has 0 heterocycles. The molecule has 186 valence electrons. The summed E-state index contributed by atoms with van der Waals surface area (Å²) < 4.78 is 43.7. The van der Waals surface area contributed by atoms with Gasteiger partial charge in [-0.05, 0) is 66.6 Å². The average Bonchev–Trinajstić information content (AvgIpc) is 2.82. The lowest BCUT2D eigenvalue weighted by molar-refractivity contribution is -0.118. The molecule has 3 rings (SSSR count). The number of hydrogen-bond donors (Lipinski definition) is 2. The van der Waals surface area contributed by atoms with E-state index in [4.69, 9.17) is 37.4 Å². The van der Waals surface area contributed by atoms with Crippen LogP contribution >= 0.6 is 23.2 Å². The third kappa shape index (κ3) is 7.76. The van der Waals surface area contributed by atoms with Gasteiger partial charge < -0.3 is 19.5 Å². The molecule has 0 radical (unpaired) electrons. The van der Waals surface area contributed by atoms with Crippen LogP contribution in [0.25, 0.3) is 0 Å². The average molecular weight is 539 g/mol. The molecule has 0 bridgehead atoms. The predicted molar refractivity (Wildman–Crippen MR) is 135 cm³/mol. The largest absolute Gasteiger partial charge is 0.493 e. The molecule has 0 saturated carbocycles. The van der Waals surface area contributed by atoms with Crippen LogP contribution in [-0.2, 0) is 21.2 Å². The second kappa shape index (κ2) is 12.1. The Morgan fingerprint density at radius 2 is 1.54 bits per heavy atom. The van der Waals surface area contributed by atoms with Crippen molar-refractivity contribution in [2.24, 2.45) is 0 Å². The van der Waals surface area contributed by atoms with Gasteiger partial charge in [0, 0.05) is 22.3 Å².